The van der Waals surface area contributed by atoms with E-state index in [9.17, 15) is 21.6 Å². The average Bonchev–Trinajstić information content (AvgIpc) is 3.02. The van der Waals surface area contributed by atoms with Crippen LogP contribution in [0.4, 0.5) is 13.2 Å². The third kappa shape index (κ3) is 3.93. The highest BCUT2D eigenvalue weighted by Gasteiger charge is 2.40. The van der Waals surface area contributed by atoms with Gasteiger partial charge in [0, 0.05) is 17.7 Å². The van der Waals surface area contributed by atoms with E-state index in [2.05, 4.69) is 5.10 Å². The van der Waals surface area contributed by atoms with Crippen LogP contribution in [0.1, 0.15) is 43.9 Å². The number of primary sulfonamides is 1. The highest BCUT2D eigenvalue weighted by Crippen LogP contribution is 2.43. The van der Waals surface area contributed by atoms with E-state index in [0.717, 1.165) is 23.9 Å². The van der Waals surface area contributed by atoms with Crippen LogP contribution in [-0.2, 0) is 22.7 Å². The summed E-state index contributed by atoms with van der Waals surface area (Å²) < 4.78 is 65.3. The van der Waals surface area contributed by atoms with Crippen LogP contribution < -0.4 is 5.14 Å². The van der Waals surface area contributed by atoms with Crippen molar-refractivity contribution in [1.82, 2.24) is 9.78 Å². The Morgan fingerprint density at radius 1 is 1.19 bits per heavy atom. The molecule has 0 saturated carbocycles. The zero-order valence-electron chi connectivity index (χ0n) is 14.8. The predicted octanol–water partition coefficient (Wildman–Crippen LogP) is 4.19. The summed E-state index contributed by atoms with van der Waals surface area (Å²) in [7, 11) is -3.88. The molecule has 0 fully saturated rings. The van der Waals surface area contributed by atoms with E-state index in [4.69, 9.17) is 5.14 Å². The van der Waals surface area contributed by atoms with Crippen LogP contribution >= 0.6 is 0 Å². The Labute approximate surface area is 155 Å². The number of sulfonamides is 1. The largest absolute Gasteiger partial charge is 0.433 e. The van der Waals surface area contributed by atoms with Crippen LogP contribution in [0, 0.1) is 0 Å². The normalized spacial score (nSPS) is 15.7. The van der Waals surface area contributed by atoms with Crippen LogP contribution in [-0.4, -0.2) is 18.2 Å². The van der Waals surface area contributed by atoms with Gasteiger partial charge in [0.1, 0.15) is 5.69 Å². The van der Waals surface area contributed by atoms with E-state index in [-0.39, 0.29) is 22.7 Å². The van der Waals surface area contributed by atoms with Crippen molar-refractivity contribution in [2.75, 3.05) is 0 Å². The first-order valence-electron chi connectivity index (χ1n) is 8.63. The van der Waals surface area contributed by atoms with Crippen molar-refractivity contribution >= 4 is 15.6 Å². The molecule has 0 bridgehead atoms. The second-order valence-corrected chi connectivity index (χ2v) is 7.99. The number of hydrogen-bond acceptors (Lipinski definition) is 3. The van der Waals surface area contributed by atoms with Crippen molar-refractivity contribution < 1.29 is 21.6 Å². The maximum Gasteiger partial charge on any atom is 0.433 e. The van der Waals surface area contributed by atoms with E-state index in [1.165, 1.54) is 24.3 Å². The van der Waals surface area contributed by atoms with Crippen molar-refractivity contribution in [1.29, 1.82) is 0 Å². The van der Waals surface area contributed by atoms with Crippen LogP contribution in [0.25, 0.3) is 16.8 Å². The van der Waals surface area contributed by atoms with Crippen LogP contribution in [0.15, 0.2) is 35.2 Å². The van der Waals surface area contributed by atoms with E-state index < -0.39 is 21.9 Å². The first-order chi connectivity index (χ1) is 12.6. The molecule has 5 nitrogen and oxygen atoms in total. The summed E-state index contributed by atoms with van der Waals surface area (Å²) in [6.45, 7) is 1.68. The minimum Gasteiger partial charge on any atom is -0.260 e. The fourth-order valence-electron chi connectivity index (χ4n) is 3.35. The minimum atomic E-state index is -4.55. The molecular weight excluding hydrogens is 379 g/mol. The Kier molecular flexibility index (Phi) is 5.18. The van der Waals surface area contributed by atoms with Gasteiger partial charge in [-0.15, -0.1) is 0 Å². The smallest absolute Gasteiger partial charge is 0.260 e. The molecule has 3 rings (SSSR count). The number of nitrogens with two attached hydrogens (primary N) is 1. The van der Waals surface area contributed by atoms with Crippen molar-refractivity contribution in [2.24, 2.45) is 5.14 Å². The van der Waals surface area contributed by atoms with Crippen LogP contribution in [0.3, 0.4) is 0 Å². The highest BCUT2D eigenvalue weighted by molar-refractivity contribution is 7.89. The molecule has 146 valence electrons. The van der Waals surface area contributed by atoms with Crippen molar-refractivity contribution in [3.63, 3.8) is 0 Å². The number of rotatable bonds is 4. The molecule has 2 N–H and O–H groups in total. The summed E-state index contributed by atoms with van der Waals surface area (Å²) in [6.07, 6.45) is 0.358. The van der Waals surface area contributed by atoms with Gasteiger partial charge in [0.05, 0.1) is 4.90 Å². The Balaban J connectivity index is 2.23. The molecule has 1 aliphatic carbocycles. The SMILES string of the molecule is CCn1nc(-c2ccc(S(N)(=O)=O)cc2)c(C2=CCCCC2)c1C(F)(F)F. The fourth-order valence-corrected chi connectivity index (χ4v) is 3.87. The Morgan fingerprint density at radius 2 is 1.85 bits per heavy atom. The summed E-state index contributed by atoms with van der Waals surface area (Å²) in [4.78, 5) is -0.101. The van der Waals surface area contributed by atoms with Gasteiger partial charge >= 0.3 is 6.18 Å². The summed E-state index contributed by atoms with van der Waals surface area (Å²) in [5, 5.41) is 9.30. The second kappa shape index (κ2) is 7.12. The topological polar surface area (TPSA) is 78.0 Å². The average molecular weight is 399 g/mol. The Bertz CT molecular complexity index is 975. The van der Waals surface area contributed by atoms with E-state index in [0.29, 0.717) is 17.6 Å². The van der Waals surface area contributed by atoms with Crippen molar-refractivity contribution in [3.8, 4) is 11.3 Å². The molecule has 0 amide bonds. The summed E-state index contributed by atoms with van der Waals surface area (Å²) in [5.41, 5.74) is 0.592. The van der Waals surface area contributed by atoms with Crippen LogP contribution in [0.5, 0.6) is 0 Å². The lowest BCUT2D eigenvalue weighted by Crippen LogP contribution is -2.16. The number of allylic oxidation sites excluding steroid dienone is 2. The third-order valence-electron chi connectivity index (χ3n) is 4.59. The van der Waals surface area contributed by atoms with Gasteiger partial charge in [-0.3, -0.25) is 4.68 Å². The second-order valence-electron chi connectivity index (χ2n) is 6.43. The van der Waals surface area contributed by atoms with E-state index in [1.54, 1.807) is 6.92 Å². The molecule has 0 spiro atoms. The lowest BCUT2D eigenvalue weighted by Gasteiger charge is -2.17. The standard InChI is InChI=1S/C18H20F3N3O2S/c1-2-24-17(18(19,20)21)15(12-6-4-3-5-7-12)16(23-24)13-8-10-14(11-9-13)27(22,25)26/h6,8-11H,2-5,7H2,1H3,(H2,22,25,26). The molecule has 1 aromatic carbocycles. The number of nitrogens with zero attached hydrogens (tertiary/aromatic N) is 2. The monoisotopic (exact) mass is 399 g/mol. The van der Waals surface area contributed by atoms with Crippen molar-refractivity contribution in [3.05, 3.63) is 41.6 Å². The quantitative estimate of drug-likeness (QED) is 0.837. The zero-order chi connectivity index (χ0) is 19.8. The maximum absolute atomic E-state index is 13.8. The van der Waals surface area contributed by atoms with Crippen LogP contribution in [0.2, 0.25) is 0 Å². The van der Waals surface area contributed by atoms with Gasteiger partial charge < -0.3 is 0 Å². The first-order valence-corrected chi connectivity index (χ1v) is 10.2. The molecule has 0 radical (unpaired) electrons. The van der Waals surface area contributed by atoms with Gasteiger partial charge in [0.2, 0.25) is 10.0 Å². The Morgan fingerprint density at radius 3 is 2.33 bits per heavy atom. The zero-order valence-corrected chi connectivity index (χ0v) is 15.6. The predicted molar refractivity (Wildman–Crippen MR) is 96.2 cm³/mol. The molecule has 0 unspecified atom stereocenters. The lowest BCUT2D eigenvalue weighted by atomic mass is 9.90. The third-order valence-corrected chi connectivity index (χ3v) is 5.52. The first kappa shape index (κ1) is 19.6. The maximum atomic E-state index is 13.8. The molecule has 0 aliphatic heterocycles. The van der Waals surface area contributed by atoms with E-state index >= 15 is 0 Å². The number of halogens is 3. The summed E-state index contributed by atoms with van der Waals surface area (Å²) in [5.74, 6) is 0. The Hall–Kier alpha value is -2.13. The van der Waals surface area contributed by atoms with E-state index in [1.807, 2.05) is 6.08 Å². The number of alkyl halides is 3. The van der Waals surface area contributed by atoms with Gasteiger partial charge in [0.15, 0.2) is 5.69 Å². The van der Waals surface area contributed by atoms with Gasteiger partial charge in [-0.25, -0.2) is 13.6 Å². The molecule has 9 heteroatoms. The number of aryl methyl sites for hydroxylation is 1. The molecule has 1 heterocycles. The van der Waals surface area contributed by atoms with Gasteiger partial charge in [-0.1, -0.05) is 18.2 Å². The summed E-state index contributed by atoms with van der Waals surface area (Å²) in [6, 6.07) is 5.44. The minimum absolute atomic E-state index is 0.0738. The summed E-state index contributed by atoms with van der Waals surface area (Å²) >= 11 is 0. The molecule has 1 aliphatic rings. The number of benzene rings is 1. The lowest BCUT2D eigenvalue weighted by molar-refractivity contribution is -0.144. The fraction of sp³-hybridized carbons (Fsp3) is 0.389. The molecule has 1 aromatic heterocycles. The molecule has 27 heavy (non-hydrogen) atoms. The molecule has 0 saturated heterocycles. The molecule has 2 aromatic rings. The molecular formula is C18H20F3N3O2S. The van der Waals surface area contributed by atoms with Gasteiger partial charge in [0.25, 0.3) is 0 Å². The van der Waals surface area contributed by atoms with Gasteiger partial charge in [-0.2, -0.15) is 18.3 Å². The van der Waals surface area contributed by atoms with Gasteiger partial charge in [-0.05, 0) is 50.3 Å². The number of hydrogen-bond donors (Lipinski definition) is 1. The van der Waals surface area contributed by atoms with Crippen molar-refractivity contribution in [2.45, 2.75) is 50.2 Å². The number of aromatic nitrogens is 2. The molecule has 0 atom stereocenters. The highest BCUT2D eigenvalue weighted by atomic mass is 32.2.